The molecule has 0 amide bonds. The molecule has 0 N–H and O–H groups in total. The highest BCUT2D eigenvalue weighted by Gasteiger charge is 2.20. The van der Waals surface area contributed by atoms with Crippen LogP contribution in [-0.4, -0.2) is 16.5 Å². The minimum atomic E-state index is -0.712. The van der Waals surface area contributed by atoms with Gasteiger partial charge in [0.05, 0.1) is 22.5 Å². The Morgan fingerprint density at radius 1 is 1.29 bits per heavy atom. The van der Waals surface area contributed by atoms with E-state index in [1.54, 1.807) is 6.08 Å². The molecule has 0 aromatic heterocycles. The fourth-order valence-electron chi connectivity index (χ4n) is 1.14. The van der Waals surface area contributed by atoms with Gasteiger partial charge in [0.2, 0.25) is 0 Å². The Morgan fingerprint density at radius 3 is 2.53 bits per heavy atom. The van der Waals surface area contributed by atoms with Crippen molar-refractivity contribution in [3.05, 3.63) is 51.1 Å². The SMILES string of the molecule is C=CCCOc1ccc([N+](=O)[O-])cc1[N+](=O)[O-]. The van der Waals surface area contributed by atoms with Crippen molar-refractivity contribution in [2.75, 3.05) is 6.61 Å². The molecule has 0 radical (unpaired) electrons. The lowest BCUT2D eigenvalue weighted by molar-refractivity contribution is -0.394. The molecule has 0 saturated carbocycles. The molecule has 1 rings (SSSR count). The zero-order valence-corrected chi connectivity index (χ0v) is 8.87. The molecule has 7 heteroatoms. The monoisotopic (exact) mass is 238 g/mol. The first-order chi connectivity index (χ1) is 8.06. The third-order valence-electron chi connectivity index (χ3n) is 1.93. The van der Waals surface area contributed by atoms with E-state index in [4.69, 9.17) is 4.74 Å². The molecule has 0 spiro atoms. The molecule has 17 heavy (non-hydrogen) atoms. The quantitative estimate of drug-likeness (QED) is 0.328. The van der Waals surface area contributed by atoms with Crippen LogP contribution >= 0.6 is 0 Å². The van der Waals surface area contributed by atoms with Crippen LogP contribution in [0.5, 0.6) is 5.75 Å². The second-order valence-electron chi connectivity index (χ2n) is 3.09. The molecular weight excluding hydrogens is 228 g/mol. The van der Waals surface area contributed by atoms with Gasteiger partial charge in [0.15, 0.2) is 5.75 Å². The number of non-ortho nitro benzene ring substituents is 1. The van der Waals surface area contributed by atoms with Gasteiger partial charge in [-0.2, -0.15) is 0 Å². The maximum Gasteiger partial charge on any atom is 0.317 e. The van der Waals surface area contributed by atoms with Crippen LogP contribution in [0.1, 0.15) is 6.42 Å². The Morgan fingerprint density at radius 2 is 2.00 bits per heavy atom. The van der Waals surface area contributed by atoms with Gasteiger partial charge in [-0.1, -0.05) is 6.08 Å². The van der Waals surface area contributed by atoms with Crippen LogP contribution in [0.2, 0.25) is 0 Å². The average Bonchev–Trinajstić information content (AvgIpc) is 2.29. The van der Waals surface area contributed by atoms with Crippen molar-refractivity contribution >= 4 is 11.4 Å². The molecule has 0 bridgehead atoms. The van der Waals surface area contributed by atoms with Crippen molar-refractivity contribution in [2.24, 2.45) is 0 Å². The van der Waals surface area contributed by atoms with E-state index < -0.39 is 15.5 Å². The summed E-state index contributed by atoms with van der Waals surface area (Å²) in [6.45, 7) is 3.72. The van der Waals surface area contributed by atoms with Crippen molar-refractivity contribution < 1.29 is 14.6 Å². The number of hydrogen-bond acceptors (Lipinski definition) is 5. The fourth-order valence-corrected chi connectivity index (χ4v) is 1.14. The smallest absolute Gasteiger partial charge is 0.317 e. The van der Waals surface area contributed by atoms with Gasteiger partial charge in [-0.3, -0.25) is 20.2 Å². The highest BCUT2D eigenvalue weighted by molar-refractivity contribution is 5.53. The highest BCUT2D eigenvalue weighted by Crippen LogP contribution is 2.30. The number of nitro benzene ring substituents is 2. The maximum atomic E-state index is 10.7. The Labute approximate surface area is 96.6 Å². The van der Waals surface area contributed by atoms with Crippen molar-refractivity contribution in [1.82, 2.24) is 0 Å². The van der Waals surface area contributed by atoms with E-state index in [9.17, 15) is 20.2 Å². The first-order valence-corrected chi connectivity index (χ1v) is 4.72. The van der Waals surface area contributed by atoms with Gasteiger partial charge < -0.3 is 4.74 Å². The molecule has 0 aliphatic rings. The maximum absolute atomic E-state index is 10.7. The summed E-state index contributed by atoms with van der Waals surface area (Å²) in [4.78, 5) is 19.8. The molecule has 7 nitrogen and oxygen atoms in total. The van der Waals surface area contributed by atoms with Gasteiger partial charge in [0.25, 0.3) is 5.69 Å². The van der Waals surface area contributed by atoms with Crippen LogP contribution in [0.4, 0.5) is 11.4 Å². The highest BCUT2D eigenvalue weighted by atomic mass is 16.6. The summed E-state index contributed by atoms with van der Waals surface area (Å²) in [5.74, 6) is 0.0162. The van der Waals surface area contributed by atoms with Crippen molar-refractivity contribution in [2.45, 2.75) is 6.42 Å². The second kappa shape index (κ2) is 5.59. The average molecular weight is 238 g/mol. The molecule has 90 valence electrons. The zero-order chi connectivity index (χ0) is 12.8. The van der Waals surface area contributed by atoms with E-state index in [0.717, 1.165) is 12.1 Å². The number of ether oxygens (including phenoxy) is 1. The van der Waals surface area contributed by atoms with E-state index in [-0.39, 0.29) is 18.0 Å². The lowest BCUT2D eigenvalue weighted by atomic mass is 10.2. The first-order valence-electron chi connectivity index (χ1n) is 4.72. The Balaban J connectivity index is 3.00. The summed E-state index contributed by atoms with van der Waals surface area (Å²) >= 11 is 0. The van der Waals surface area contributed by atoms with Crippen molar-refractivity contribution in [3.8, 4) is 5.75 Å². The summed E-state index contributed by atoms with van der Waals surface area (Å²) < 4.78 is 5.14. The third kappa shape index (κ3) is 3.26. The molecule has 1 aromatic carbocycles. The Bertz CT molecular complexity index is 458. The van der Waals surface area contributed by atoms with Gasteiger partial charge in [-0.25, -0.2) is 0 Å². The molecule has 0 unspecified atom stereocenters. The van der Waals surface area contributed by atoms with E-state index in [1.807, 2.05) is 0 Å². The lowest BCUT2D eigenvalue weighted by Crippen LogP contribution is -2.00. The van der Waals surface area contributed by atoms with Gasteiger partial charge >= 0.3 is 5.69 Å². The van der Waals surface area contributed by atoms with E-state index >= 15 is 0 Å². The van der Waals surface area contributed by atoms with Crippen LogP contribution in [0.15, 0.2) is 30.9 Å². The van der Waals surface area contributed by atoms with Crippen molar-refractivity contribution in [3.63, 3.8) is 0 Å². The summed E-state index contributed by atoms with van der Waals surface area (Å²) in [6, 6.07) is 3.26. The zero-order valence-electron chi connectivity index (χ0n) is 8.87. The molecule has 0 aliphatic carbocycles. The van der Waals surface area contributed by atoms with Gasteiger partial charge in [-0.05, 0) is 12.5 Å². The molecule has 0 fully saturated rings. The van der Waals surface area contributed by atoms with Crippen LogP contribution in [-0.2, 0) is 0 Å². The topological polar surface area (TPSA) is 95.5 Å². The predicted octanol–water partition coefficient (Wildman–Crippen LogP) is 2.46. The fraction of sp³-hybridized carbons (Fsp3) is 0.200. The predicted molar refractivity (Wildman–Crippen MR) is 60.1 cm³/mol. The lowest BCUT2D eigenvalue weighted by Gasteiger charge is -2.04. The largest absolute Gasteiger partial charge is 0.486 e. The van der Waals surface area contributed by atoms with Crippen LogP contribution in [0.3, 0.4) is 0 Å². The molecule has 0 aliphatic heterocycles. The summed E-state index contributed by atoms with van der Waals surface area (Å²) in [7, 11) is 0. The van der Waals surface area contributed by atoms with E-state index in [2.05, 4.69) is 6.58 Å². The number of benzene rings is 1. The van der Waals surface area contributed by atoms with Crippen molar-refractivity contribution in [1.29, 1.82) is 0 Å². The summed E-state index contributed by atoms with van der Waals surface area (Å²) in [5.41, 5.74) is -0.754. The molecule has 0 heterocycles. The summed E-state index contributed by atoms with van der Waals surface area (Å²) in [6.07, 6.45) is 2.14. The molecule has 1 aromatic rings. The van der Waals surface area contributed by atoms with Crippen LogP contribution in [0.25, 0.3) is 0 Å². The number of rotatable bonds is 6. The minimum Gasteiger partial charge on any atom is -0.486 e. The standard InChI is InChI=1S/C10H10N2O5/c1-2-3-6-17-10-5-4-8(11(13)14)7-9(10)12(15)16/h2,4-5,7H,1,3,6H2. The minimum absolute atomic E-state index is 0.0162. The molecule has 0 saturated heterocycles. The Kier molecular flexibility index (Phi) is 4.15. The first kappa shape index (κ1) is 12.6. The van der Waals surface area contributed by atoms with Crippen LogP contribution < -0.4 is 4.74 Å². The molecular formula is C10H10N2O5. The van der Waals surface area contributed by atoms with E-state index in [1.165, 1.54) is 6.07 Å². The van der Waals surface area contributed by atoms with Gasteiger partial charge in [0.1, 0.15) is 0 Å². The number of nitrogens with zero attached hydrogens (tertiary/aromatic N) is 2. The summed E-state index contributed by atoms with van der Waals surface area (Å²) in [5, 5.41) is 21.2. The number of hydrogen-bond donors (Lipinski definition) is 0. The number of nitro groups is 2. The normalized spacial score (nSPS) is 9.65. The third-order valence-corrected chi connectivity index (χ3v) is 1.93. The Hall–Kier alpha value is -2.44. The van der Waals surface area contributed by atoms with Gasteiger partial charge in [-0.15, -0.1) is 6.58 Å². The van der Waals surface area contributed by atoms with E-state index in [0.29, 0.717) is 6.42 Å². The second-order valence-corrected chi connectivity index (χ2v) is 3.09. The van der Waals surface area contributed by atoms with Gasteiger partial charge in [0, 0.05) is 6.07 Å². The molecule has 0 atom stereocenters. The van der Waals surface area contributed by atoms with Crippen LogP contribution in [0, 0.1) is 20.2 Å².